The number of sulfone groups is 1. The van der Waals surface area contributed by atoms with Gasteiger partial charge in [-0.25, -0.2) is 17.6 Å². The number of ether oxygens (including phenoxy) is 1. The van der Waals surface area contributed by atoms with Gasteiger partial charge in [0.2, 0.25) is 0 Å². The van der Waals surface area contributed by atoms with Crippen molar-refractivity contribution in [2.75, 3.05) is 6.54 Å². The lowest BCUT2D eigenvalue weighted by Gasteiger charge is -2.36. The minimum Gasteiger partial charge on any atom is -0.444 e. The molecule has 1 aromatic rings. The number of likely N-dealkylation sites (tertiary alicyclic amines) is 1. The molecule has 1 heterocycles. The highest BCUT2D eigenvalue weighted by Crippen LogP contribution is 2.28. The largest absolute Gasteiger partial charge is 0.444 e. The maximum atomic E-state index is 13.0. The van der Waals surface area contributed by atoms with E-state index in [0.29, 0.717) is 19.4 Å². The Hall–Kier alpha value is -1.63. The molecule has 5 nitrogen and oxygen atoms in total. The first-order chi connectivity index (χ1) is 10.6. The van der Waals surface area contributed by atoms with Gasteiger partial charge in [-0.1, -0.05) is 0 Å². The lowest BCUT2D eigenvalue weighted by molar-refractivity contribution is 0.0177. The van der Waals surface area contributed by atoms with Gasteiger partial charge < -0.3 is 4.74 Å². The molecule has 1 aliphatic heterocycles. The van der Waals surface area contributed by atoms with Crippen molar-refractivity contribution in [1.82, 2.24) is 4.90 Å². The normalized spacial score (nSPS) is 19.5. The lowest BCUT2D eigenvalue weighted by Crippen LogP contribution is -2.49. The first kappa shape index (κ1) is 17.7. The first-order valence-corrected chi connectivity index (χ1v) is 9.15. The van der Waals surface area contributed by atoms with E-state index in [-0.39, 0.29) is 4.90 Å². The third-order valence-corrected chi connectivity index (χ3v) is 5.71. The summed E-state index contributed by atoms with van der Waals surface area (Å²) in [6.45, 7) is 5.54. The Morgan fingerprint density at radius 3 is 2.39 bits per heavy atom. The van der Waals surface area contributed by atoms with Crippen LogP contribution >= 0.6 is 0 Å². The van der Waals surface area contributed by atoms with Crippen LogP contribution in [0.5, 0.6) is 0 Å². The molecule has 0 aliphatic carbocycles. The Balaban J connectivity index is 2.30. The van der Waals surface area contributed by atoms with Crippen LogP contribution in [0.4, 0.5) is 9.18 Å². The van der Waals surface area contributed by atoms with Gasteiger partial charge in [0.1, 0.15) is 16.8 Å². The van der Waals surface area contributed by atoms with E-state index >= 15 is 0 Å². The van der Waals surface area contributed by atoms with E-state index in [0.717, 1.165) is 18.6 Å². The number of piperidine rings is 1. The van der Waals surface area contributed by atoms with Crippen molar-refractivity contribution in [2.24, 2.45) is 0 Å². The molecule has 128 valence electrons. The van der Waals surface area contributed by atoms with Crippen molar-refractivity contribution >= 4 is 15.9 Å². The number of benzene rings is 1. The molecule has 2 rings (SSSR count). The molecule has 1 fully saturated rings. The topological polar surface area (TPSA) is 63.7 Å². The standard InChI is InChI=1S/C16H22FNO4S/c1-16(2,3)22-15(19)18-11-5-4-6-14(18)23(20,21)13-9-7-12(17)8-10-13/h7-10,14H,4-6,11H2,1-3H3. The Labute approximate surface area is 136 Å². The van der Waals surface area contributed by atoms with Crippen molar-refractivity contribution in [3.05, 3.63) is 30.1 Å². The summed E-state index contributed by atoms with van der Waals surface area (Å²) in [5, 5.41) is -0.975. The average molecular weight is 343 g/mol. The quantitative estimate of drug-likeness (QED) is 0.773. The van der Waals surface area contributed by atoms with Gasteiger partial charge in [0.05, 0.1) is 4.90 Å². The Morgan fingerprint density at radius 1 is 1.22 bits per heavy atom. The third-order valence-electron chi connectivity index (χ3n) is 3.58. The Kier molecular flexibility index (Phi) is 4.98. The molecular formula is C16H22FNO4S. The van der Waals surface area contributed by atoms with E-state index in [9.17, 15) is 17.6 Å². The van der Waals surface area contributed by atoms with Gasteiger partial charge in [-0.05, 0) is 64.3 Å². The minimum atomic E-state index is -3.77. The molecule has 0 spiro atoms. The van der Waals surface area contributed by atoms with Crippen molar-refractivity contribution in [3.63, 3.8) is 0 Å². The molecule has 1 saturated heterocycles. The molecule has 0 N–H and O–H groups in total. The summed E-state index contributed by atoms with van der Waals surface area (Å²) in [5.74, 6) is -0.503. The number of amides is 1. The predicted molar refractivity (Wildman–Crippen MR) is 84.2 cm³/mol. The maximum Gasteiger partial charge on any atom is 0.411 e. The number of hydrogen-bond donors (Lipinski definition) is 0. The molecule has 7 heteroatoms. The number of hydrogen-bond acceptors (Lipinski definition) is 4. The number of carbonyl (C=O) groups excluding carboxylic acids is 1. The summed E-state index contributed by atoms with van der Waals surface area (Å²) in [4.78, 5) is 13.6. The minimum absolute atomic E-state index is 0.0133. The highest BCUT2D eigenvalue weighted by atomic mass is 32.2. The van der Waals surface area contributed by atoms with Gasteiger partial charge in [-0.2, -0.15) is 0 Å². The second-order valence-corrected chi connectivity index (χ2v) is 8.73. The molecule has 1 atom stereocenters. The number of nitrogens with zero attached hydrogens (tertiary/aromatic N) is 1. The van der Waals surface area contributed by atoms with Crippen molar-refractivity contribution < 1.29 is 22.3 Å². The zero-order valence-electron chi connectivity index (χ0n) is 13.6. The molecule has 1 unspecified atom stereocenters. The second-order valence-electron chi connectivity index (χ2n) is 6.62. The zero-order valence-corrected chi connectivity index (χ0v) is 14.4. The van der Waals surface area contributed by atoms with E-state index < -0.39 is 32.7 Å². The SMILES string of the molecule is CC(C)(C)OC(=O)N1CCCCC1S(=O)(=O)c1ccc(F)cc1. The number of carbonyl (C=O) groups is 1. The number of rotatable bonds is 2. The van der Waals surface area contributed by atoms with Gasteiger partial charge in [0, 0.05) is 6.54 Å². The Bertz CT molecular complexity index is 664. The van der Waals surface area contributed by atoms with E-state index in [1.165, 1.54) is 17.0 Å². The van der Waals surface area contributed by atoms with Crippen molar-refractivity contribution in [3.8, 4) is 0 Å². The fourth-order valence-electron chi connectivity index (χ4n) is 2.53. The molecule has 1 aliphatic rings. The summed E-state index contributed by atoms with van der Waals surface area (Å²) < 4.78 is 44.0. The third kappa shape index (κ3) is 4.22. The summed E-state index contributed by atoms with van der Waals surface area (Å²) in [5.41, 5.74) is -0.696. The highest BCUT2D eigenvalue weighted by Gasteiger charge is 2.39. The second kappa shape index (κ2) is 6.47. The molecule has 0 saturated carbocycles. The van der Waals surface area contributed by atoms with Crippen LogP contribution < -0.4 is 0 Å². The molecule has 1 aromatic carbocycles. The summed E-state index contributed by atoms with van der Waals surface area (Å²) in [6, 6.07) is 4.67. The van der Waals surface area contributed by atoms with Crippen LogP contribution in [0.15, 0.2) is 29.2 Å². The predicted octanol–water partition coefficient (Wildman–Crippen LogP) is 3.35. The van der Waals surface area contributed by atoms with Crippen LogP contribution in [-0.2, 0) is 14.6 Å². The fraction of sp³-hybridized carbons (Fsp3) is 0.562. The van der Waals surface area contributed by atoms with Crippen LogP contribution in [0.1, 0.15) is 40.0 Å². The van der Waals surface area contributed by atoms with Gasteiger partial charge >= 0.3 is 6.09 Å². The summed E-state index contributed by atoms with van der Waals surface area (Å²) in [6.07, 6.45) is 1.16. The van der Waals surface area contributed by atoms with Gasteiger partial charge in [-0.15, -0.1) is 0 Å². The molecule has 0 radical (unpaired) electrons. The van der Waals surface area contributed by atoms with Crippen LogP contribution in [0.3, 0.4) is 0 Å². The summed E-state index contributed by atoms with van der Waals surface area (Å²) >= 11 is 0. The Morgan fingerprint density at radius 2 is 1.83 bits per heavy atom. The zero-order chi connectivity index (χ0) is 17.3. The maximum absolute atomic E-state index is 13.0. The van der Waals surface area contributed by atoms with Crippen LogP contribution in [-0.4, -0.2) is 36.9 Å². The van der Waals surface area contributed by atoms with Crippen LogP contribution in [0, 0.1) is 5.82 Å². The summed E-state index contributed by atoms with van der Waals surface area (Å²) in [7, 11) is -3.77. The van der Waals surface area contributed by atoms with E-state index in [1.54, 1.807) is 20.8 Å². The molecule has 0 aromatic heterocycles. The monoisotopic (exact) mass is 343 g/mol. The van der Waals surface area contributed by atoms with Gasteiger partial charge in [0.25, 0.3) is 0 Å². The number of halogens is 1. The average Bonchev–Trinajstić information content (AvgIpc) is 2.46. The van der Waals surface area contributed by atoms with Gasteiger partial charge in [-0.3, -0.25) is 4.90 Å². The smallest absolute Gasteiger partial charge is 0.411 e. The van der Waals surface area contributed by atoms with E-state index in [4.69, 9.17) is 4.74 Å². The fourth-order valence-corrected chi connectivity index (χ4v) is 4.37. The van der Waals surface area contributed by atoms with Crippen molar-refractivity contribution in [1.29, 1.82) is 0 Å². The molecule has 23 heavy (non-hydrogen) atoms. The van der Waals surface area contributed by atoms with Gasteiger partial charge in [0.15, 0.2) is 9.84 Å². The van der Waals surface area contributed by atoms with E-state index in [1.807, 2.05) is 0 Å². The van der Waals surface area contributed by atoms with Crippen LogP contribution in [0.25, 0.3) is 0 Å². The highest BCUT2D eigenvalue weighted by molar-refractivity contribution is 7.92. The molecule has 1 amide bonds. The first-order valence-electron chi connectivity index (χ1n) is 7.60. The lowest BCUT2D eigenvalue weighted by atomic mass is 10.1. The van der Waals surface area contributed by atoms with E-state index in [2.05, 4.69) is 0 Å². The molecule has 0 bridgehead atoms. The van der Waals surface area contributed by atoms with Crippen molar-refractivity contribution in [2.45, 2.75) is 55.9 Å². The molecular weight excluding hydrogens is 321 g/mol. The van der Waals surface area contributed by atoms with Crippen LogP contribution in [0.2, 0.25) is 0 Å².